The van der Waals surface area contributed by atoms with Gasteiger partial charge in [-0.3, -0.25) is 4.79 Å². The number of hydrogen-bond acceptors (Lipinski definition) is 5. The molecule has 2 N–H and O–H groups in total. The lowest BCUT2D eigenvalue weighted by Gasteiger charge is -2.32. The molecule has 1 aromatic carbocycles. The minimum atomic E-state index is -0.573. The van der Waals surface area contributed by atoms with Crippen LogP contribution in [0.3, 0.4) is 0 Å². The summed E-state index contributed by atoms with van der Waals surface area (Å²) in [7, 11) is 0. The van der Waals surface area contributed by atoms with E-state index in [1.165, 1.54) is 0 Å². The summed E-state index contributed by atoms with van der Waals surface area (Å²) in [6.45, 7) is 1.94. The van der Waals surface area contributed by atoms with Gasteiger partial charge in [0.15, 0.2) is 5.78 Å². The van der Waals surface area contributed by atoms with Gasteiger partial charge in [0.2, 0.25) is 5.88 Å². The molecule has 1 heterocycles. The monoisotopic (exact) mass is 391 g/mol. The second-order valence-electron chi connectivity index (χ2n) is 5.67. The molecule has 0 spiro atoms. The lowest BCUT2D eigenvalue weighted by atomic mass is 9.77. The topological polar surface area (TPSA) is 78.6 Å². The zero-order valence-corrected chi connectivity index (χ0v) is 14.9. The molecule has 0 saturated heterocycles. The summed E-state index contributed by atoms with van der Waals surface area (Å²) in [5, 5.41) is 0. The first-order chi connectivity index (χ1) is 11.5. The molecule has 3 rings (SSSR count). The van der Waals surface area contributed by atoms with Crippen molar-refractivity contribution < 1.29 is 19.1 Å². The normalized spacial score (nSPS) is 20.6. The Kier molecular flexibility index (Phi) is 4.76. The van der Waals surface area contributed by atoms with Crippen molar-refractivity contribution in [3.63, 3.8) is 0 Å². The Morgan fingerprint density at radius 1 is 1.38 bits per heavy atom. The number of Topliss-reactive ketones (excluding diaryl/α,β-unsaturated/α-hetero) is 1. The van der Waals surface area contributed by atoms with Crippen molar-refractivity contribution in [1.29, 1.82) is 0 Å². The summed E-state index contributed by atoms with van der Waals surface area (Å²) in [5.41, 5.74) is 7.55. The summed E-state index contributed by atoms with van der Waals surface area (Å²) < 4.78 is 11.6. The van der Waals surface area contributed by atoms with Gasteiger partial charge >= 0.3 is 5.97 Å². The van der Waals surface area contributed by atoms with Crippen LogP contribution in [0, 0.1) is 0 Å². The maximum absolute atomic E-state index is 12.6. The predicted octanol–water partition coefficient (Wildman–Crippen LogP) is 3.30. The minimum absolute atomic E-state index is 0.00805. The maximum atomic E-state index is 12.6. The van der Waals surface area contributed by atoms with Crippen LogP contribution >= 0.6 is 15.9 Å². The number of rotatable bonds is 3. The van der Waals surface area contributed by atoms with Gasteiger partial charge in [-0.1, -0.05) is 34.1 Å². The van der Waals surface area contributed by atoms with Crippen molar-refractivity contribution in [3.8, 4) is 0 Å². The largest absolute Gasteiger partial charge is 0.462 e. The highest BCUT2D eigenvalue weighted by atomic mass is 79.9. The van der Waals surface area contributed by atoms with Crippen LogP contribution in [-0.4, -0.2) is 18.4 Å². The Bertz CT molecular complexity index is 766. The van der Waals surface area contributed by atoms with Crippen molar-refractivity contribution in [1.82, 2.24) is 0 Å². The van der Waals surface area contributed by atoms with E-state index in [0.717, 1.165) is 16.5 Å². The second-order valence-corrected chi connectivity index (χ2v) is 6.52. The first kappa shape index (κ1) is 16.8. The SMILES string of the molecule is CCOC(=O)C1=C(N)OC2=C(C(=O)CCC2)[C@@H]1c1ccccc1Br. The molecule has 5 nitrogen and oxygen atoms in total. The Balaban J connectivity index is 2.19. The molecular formula is C18H18BrNO4. The van der Waals surface area contributed by atoms with Gasteiger partial charge in [-0.2, -0.15) is 0 Å². The van der Waals surface area contributed by atoms with Gasteiger partial charge in [-0.15, -0.1) is 0 Å². The van der Waals surface area contributed by atoms with E-state index in [0.29, 0.717) is 24.2 Å². The lowest BCUT2D eigenvalue weighted by Crippen LogP contribution is -2.31. The minimum Gasteiger partial charge on any atom is -0.462 e. The summed E-state index contributed by atoms with van der Waals surface area (Å²) in [6.07, 6.45) is 1.81. The van der Waals surface area contributed by atoms with E-state index < -0.39 is 11.9 Å². The smallest absolute Gasteiger partial charge is 0.340 e. The van der Waals surface area contributed by atoms with Crippen LogP contribution in [0.15, 0.2) is 51.5 Å². The third kappa shape index (κ3) is 2.86. The molecule has 1 aliphatic carbocycles. The molecule has 2 aliphatic rings. The van der Waals surface area contributed by atoms with Crippen LogP contribution in [0.2, 0.25) is 0 Å². The average Bonchev–Trinajstić information content (AvgIpc) is 2.54. The fourth-order valence-electron chi connectivity index (χ4n) is 3.18. The van der Waals surface area contributed by atoms with Crippen molar-refractivity contribution in [2.45, 2.75) is 32.1 Å². The Morgan fingerprint density at radius 2 is 2.12 bits per heavy atom. The van der Waals surface area contributed by atoms with Crippen LogP contribution in [0.4, 0.5) is 0 Å². The second kappa shape index (κ2) is 6.81. The number of nitrogens with two attached hydrogens (primary N) is 1. The Hall–Kier alpha value is -2.08. The first-order valence-electron chi connectivity index (χ1n) is 7.89. The third-order valence-electron chi connectivity index (χ3n) is 4.20. The number of benzene rings is 1. The zero-order valence-electron chi connectivity index (χ0n) is 13.3. The van der Waals surface area contributed by atoms with Gasteiger partial charge in [-0.05, 0) is 25.0 Å². The lowest BCUT2D eigenvalue weighted by molar-refractivity contribution is -0.139. The van der Waals surface area contributed by atoms with E-state index in [-0.39, 0.29) is 23.8 Å². The van der Waals surface area contributed by atoms with E-state index in [1.54, 1.807) is 6.92 Å². The number of hydrogen-bond donors (Lipinski definition) is 1. The van der Waals surface area contributed by atoms with Crippen LogP contribution in [0.5, 0.6) is 0 Å². The first-order valence-corrected chi connectivity index (χ1v) is 8.69. The fraction of sp³-hybridized carbons (Fsp3) is 0.333. The Labute approximate surface area is 148 Å². The summed E-state index contributed by atoms with van der Waals surface area (Å²) in [5.74, 6) is -0.552. The van der Waals surface area contributed by atoms with E-state index in [2.05, 4.69) is 15.9 Å². The average molecular weight is 392 g/mol. The quantitative estimate of drug-likeness (QED) is 0.799. The van der Waals surface area contributed by atoms with Gasteiger partial charge in [0.1, 0.15) is 11.3 Å². The highest BCUT2D eigenvalue weighted by molar-refractivity contribution is 9.10. The third-order valence-corrected chi connectivity index (χ3v) is 4.92. The van der Waals surface area contributed by atoms with Crippen molar-refractivity contribution in [3.05, 3.63) is 57.1 Å². The molecular weight excluding hydrogens is 374 g/mol. The predicted molar refractivity (Wildman–Crippen MR) is 91.7 cm³/mol. The maximum Gasteiger partial charge on any atom is 0.340 e. The molecule has 0 bridgehead atoms. The molecule has 0 amide bonds. The molecule has 0 saturated carbocycles. The molecule has 24 heavy (non-hydrogen) atoms. The number of allylic oxidation sites excluding steroid dienone is 2. The van der Waals surface area contributed by atoms with Crippen LogP contribution in [0.25, 0.3) is 0 Å². The Morgan fingerprint density at radius 3 is 2.83 bits per heavy atom. The van der Waals surface area contributed by atoms with E-state index in [9.17, 15) is 9.59 Å². The molecule has 1 aliphatic heterocycles. The van der Waals surface area contributed by atoms with E-state index >= 15 is 0 Å². The molecule has 0 unspecified atom stereocenters. The molecule has 0 radical (unpaired) electrons. The fourth-order valence-corrected chi connectivity index (χ4v) is 3.70. The summed E-state index contributed by atoms with van der Waals surface area (Å²) in [4.78, 5) is 25.1. The molecule has 0 aromatic heterocycles. The van der Waals surface area contributed by atoms with Gasteiger partial charge in [0.25, 0.3) is 0 Å². The molecule has 6 heteroatoms. The van der Waals surface area contributed by atoms with Crippen molar-refractivity contribution in [2.24, 2.45) is 5.73 Å². The summed E-state index contributed by atoms with van der Waals surface area (Å²) in [6, 6.07) is 7.49. The zero-order chi connectivity index (χ0) is 17.3. The van der Waals surface area contributed by atoms with Crippen LogP contribution < -0.4 is 5.73 Å². The highest BCUT2D eigenvalue weighted by Gasteiger charge is 2.41. The number of halogens is 1. The number of ether oxygens (including phenoxy) is 2. The van der Waals surface area contributed by atoms with Gasteiger partial charge < -0.3 is 15.2 Å². The van der Waals surface area contributed by atoms with Crippen molar-refractivity contribution >= 4 is 27.7 Å². The number of carbonyl (C=O) groups is 2. The van der Waals surface area contributed by atoms with Gasteiger partial charge in [0.05, 0.1) is 12.5 Å². The van der Waals surface area contributed by atoms with Gasteiger partial charge in [-0.25, -0.2) is 4.79 Å². The van der Waals surface area contributed by atoms with Gasteiger partial charge in [0, 0.05) is 22.9 Å². The van der Waals surface area contributed by atoms with Crippen LogP contribution in [0.1, 0.15) is 37.7 Å². The van der Waals surface area contributed by atoms with E-state index in [4.69, 9.17) is 15.2 Å². The van der Waals surface area contributed by atoms with Crippen LogP contribution in [-0.2, 0) is 19.1 Å². The highest BCUT2D eigenvalue weighted by Crippen LogP contribution is 2.45. The molecule has 0 fully saturated rings. The standard InChI is InChI=1S/C18H18BrNO4/c1-2-23-18(22)16-14(10-6-3-4-7-11(10)19)15-12(21)8-5-9-13(15)24-17(16)20/h3-4,6-7,14H,2,5,8-9,20H2,1H3/t14-/m0/s1. The van der Waals surface area contributed by atoms with Crippen molar-refractivity contribution in [2.75, 3.05) is 6.61 Å². The number of carbonyl (C=O) groups excluding carboxylic acids is 2. The molecule has 1 atom stereocenters. The summed E-state index contributed by atoms with van der Waals surface area (Å²) >= 11 is 3.51. The molecule has 126 valence electrons. The number of ketones is 1. The van der Waals surface area contributed by atoms with E-state index in [1.807, 2.05) is 24.3 Å². The molecule has 1 aromatic rings. The number of esters is 1.